The van der Waals surface area contributed by atoms with Crippen molar-refractivity contribution in [3.05, 3.63) is 30.3 Å². The monoisotopic (exact) mass is 423 g/mol. The first-order valence-electron chi connectivity index (χ1n) is 9.42. The highest BCUT2D eigenvalue weighted by molar-refractivity contribution is 8.23. The summed E-state index contributed by atoms with van der Waals surface area (Å²) in [6, 6.07) is 9.24. The van der Waals surface area contributed by atoms with Crippen molar-refractivity contribution in [1.29, 1.82) is 0 Å². The van der Waals surface area contributed by atoms with Crippen molar-refractivity contribution in [3.63, 3.8) is 0 Å². The molecular weight excluding hydrogens is 398 g/mol. The Balaban J connectivity index is 1.34. The van der Waals surface area contributed by atoms with Crippen LogP contribution in [0.1, 0.15) is 12.8 Å². The van der Waals surface area contributed by atoms with E-state index in [1.165, 1.54) is 11.8 Å². The van der Waals surface area contributed by atoms with E-state index in [4.69, 9.17) is 21.7 Å². The van der Waals surface area contributed by atoms with E-state index < -0.39 is 0 Å². The van der Waals surface area contributed by atoms with E-state index >= 15 is 0 Å². The van der Waals surface area contributed by atoms with Crippen LogP contribution in [0.2, 0.25) is 0 Å². The molecule has 1 N–H and O–H groups in total. The summed E-state index contributed by atoms with van der Waals surface area (Å²) in [5.41, 5.74) is 0.773. The van der Waals surface area contributed by atoms with Gasteiger partial charge in [-0.1, -0.05) is 42.2 Å². The molecule has 0 saturated carbocycles. The molecule has 2 saturated heterocycles. The van der Waals surface area contributed by atoms with Gasteiger partial charge in [-0.05, 0) is 12.1 Å². The van der Waals surface area contributed by atoms with Gasteiger partial charge in [0.25, 0.3) is 0 Å². The van der Waals surface area contributed by atoms with Crippen LogP contribution in [0.5, 0.6) is 0 Å². The lowest BCUT2D eigenvalue weighted by atomic mass is 10.1. The third kappa shape index (κ3) is 6.35. The number of piperidine rings is 1. The van der Waals surface area contributed by atoms with Gasteiger partial charge >= 0.3 is 12.0 Å². The molecule has 152 valence electrons. The molecule has 2 fully saturated rings. The number of thiocarbonyl (C=S) groups is 1. The number of ether oxygens (including phenoxy) is 2. The number of carbonyl (C=O) groups is 2. The van der Waals surface area contributed by atoms with Crippen molar-refractivity contribution in [2.45, 2.75) is 18.9 Å². The van der Waals surface area contributed by atoms with Gasteiger partial charge in [0.2, 0.25) is 0 Å². The Morgan fingerprint density at radius 1 is 1.11 bits per heavy atom. The molecule has 0 radical (unpaired) electrons. The molecule has 0 spiro atoms. The minimum atomic E-state index is -0.257. The maximum absolute atomic E-state index is 12.3. The topological polar surface area (TPSA) is 71.1 Å². The summed E-state index contributed by atoms with van der Waals surface area (Å²) in [5.74, 6) is -0.0435. The zero-order valence-corrected chi connectivity index (χ0v) is 17.3. The molecule has 0 unspecified atom stereocenters. The summed E-state index contributed by atoms with van der Waals surface area (Å²) >= 11 is 6.71. The number of nitrogens with zero attached hydrogens (tertiary/aromatic N) is 2. The van der Waals surface area contributed by atoms with E-state index in [2.05, 4.69) is 10.2 Å². The molecule has 2 amide bonds. The van der Waals surface area contributed by atoms with Crippen molar-refractivity contribution in [2.75, 3.05) is 50.5 Å². The molecule has 1 aromatic carbocycles. The van der Waals surface area contributed by atoms with Crippen molar-refractivity contribution >= 4 is 46.0 Å². The number of benzene rings is 1. The SMILES string of the molecule is O=C(CSC(=S)N1CCOCC1)OC1CCN(C(=O)Nc2ccccc2)CC1. The molecule has 7 nitrogen and oxygen atoms in total. The number of hydrogen-bond acceptors (Lipinski definition) is 6. The number of urea groups is 1. The minimum Gasteiger partial charge on any atom is -0.462 e. The molecular formula is C19H25N3O4S2. The average molecular weight is 424 g/mol. The van der Waals surface area contributed by atoms with Crippen LogP contribution >= 0.6 is 24.0 Å². The first-order chi connectivity index (χ1) is 13.6. The standard InChI is InChI=1S/C19H25N3O4S2/c23-17(14-28-19(27)22-10-12-25-13-11-22)26-16-6-8-21(9-7-16)18(24)20-15-4-2-1-3-5-15/h1-5,16H,6-14H2,(H,20,24). The smallest absolute Gasteiger partial charge is 0.321 e. The number of para-hydroxylation sites is 1. The zero-order chi connectivity index (χ0) is 19.8. The Bertz CT molecular complexity index is 675. The molecule has 0 aliphatic carbocycles. The summed E-state index contributed by atoms with van der Waals surface area (Å²) in [6.07, 6.45) is 1.14. The average Bonchev–Trinajstić information content (AvgIpc) is 2.74. The molecule has 0 atom stereocenters. The van der Waals surface area contributed by atoms with E-state index in [1.807, 2.05) is 30.3 Å². The van der Waals surface area contributed by atoms with Gasteiger partial charge in [0.15, 0.2) is 0 Å². The van der Waals surface area contributed by atoms with Crippen LogP contribution in [0.25, 0.3) is 0 Å². The highest BCUT2D eigenvalue weighted by atomic mass is 32.2. The van der Waals surface area contributed by atoms with Crippen molar-refractivity contribution in [3.8, 4) is 0 Å². The quantitative estimate of drug-likeness (QED) is 0.589. The zero-order valence-electron chi connectivity index (χ0n) is 15.7. The fraction of sp³-hybridized carbons (Fsp3) is 0.526. The third-order valence-corrected chi connectivity index (χ3v) is 6.13. The van der Waals surface area contributed by atoms with E-state index in [-0.39, 0.29) is 23.9 Å². The van der Waals surface area contributed by atoms with Gasteiger partial charge in [-0.3, -0.25) is 4.79 Å². The minimum absolute atomic E-state index is 0.123. The first kappa shape index (κ1) is 20.9. The van der Waals surface area contributed by atoms with Crippen molar-refractivity contribution in [1.82, 2.24) is 9.80 Å². The molecule has 0 bridgehead atoms. The second kappa shape index (κ2) is 10.6. The highest BCUT2D eigenvalue weighted by Gasteiger charge is 2.25. The van der Waals surface area contributed by atoms with Crippen LogP contribution in [-0.4, -0.2) is 77.4 Å². The Morgan fingerprint density at radius 3 is 2.46 bits per heavy atom. The molecule has 2 aliphatic rings. The number of rotatable bonds is 4. The first-order valence-corrected chi connectivity index (χ1v) is 10.8. The molecule has 9 heteroatoms. The van der Waals surface area contributed by atoms with Crippen LogP contribution in [0.4, 0.5) is 10.5 Å². The van der Waals surface area contributed by atoms with Crippen molar-refractivity contribution in [2.24, 2.45) is 0 Å². The van der Waals surface area contributed by atoms with Crippen LogP contribution < -0.4 is 5.32 Å². The number of anilines is 1. The summed E-state index contributed by atoms with van der Waals surface area (Å²) in [5, 5.41) is 2.88. The lowest BCUT2D eigenvalue weighted by molar-refractivity contribution is -0.147. The fourth-order valence-electron chi connectivity index (χ4n) is 3.08. The lowest BCUT2D eigenvalue weighted by Crippen LogP contribution is -2.43. The fourth-order valence-corrected chi connectivity index (χ4v) is 4.11. The van der Waals surface area contributed by atoms with Crippen LogP contribution in [0.15, 0.2) is 30.3 Å². The van der Waals surface area contributed by atoms with Gasteiger partial charge in [0, 0.05) is 44.7 Å². The number of morpholine rings is 1. The maximum Gasteiger partial charge on any atom is 0.321 e. The normalized spacial score (nSPS) is 17.9. The molecule has 2 heterocycles. The van der Waals surface area contributed by atoms with Crippen LogP contribution in [0, 0.1) is 0 Å². The van der Waals surface area contributed by atoms with Gasteiger partial charge in [0.1, 0.15) is 10.4 Å². The number of amides is 2. The molecule has 3 rings (SSSR count). The summed E-state index contributed by atoms with van der Waals surface area (Å²) in [6.45, 7) is 4.00. The van der Waals surface area contributed by atoms with E-state index in [1.54, 1.807) is 4.90 Å². The van der Waals surface area contributed by atoms with Crippen molar-refractivity contribution < 1.29 is 19.1 Å². The maximum atomic E-state index is 12.3. The molecule has 1 aromatic rings. The van der Waals surface area contributed by atoms with Gasteiger partial charge < -0.3 is 24.6 Å². The van der Waals surface area contributed by atoms with Gasteiger partial charge in [0.05, 0.1) is 19.0 Å². The predicted octanol–water partition coefficient (Wildman–Crippen LogP) is 2.58. The summed E-state index contributed by atoms with van der Waals surface area (Å²) < 4.78 is 11.6. The van der Waals surface area contributed by atoms with Gasteiger partial charge in [-0.15, -0.1) is 0 Å². The largest absolute Gasteiger partial charge is 0.462 e. The van der Waals surface area contributed by atoms with E-state index in [0.717, 1.165) is 18.8 Å². The predicted molar refractivity (Wildman–Crippen MR) is 114 cm³/mol. The number of nitrogens with one attached hydrogen (secondary N) is 1. The molecule has 28 heavy (non-hydrogen) atoms. The Kier molecular flexibility index (Phi) is 7.93. The van der Waals surface area contributed by atoms with Gasteiger partial charge in [-0.2, -0.15) is 0 Å². The van der Waals surface area contributed by atoms with E-state index in [9.17, 15) is 9.59 Å². The third-order valence-electron chi connectivity index (χ3n) is 4.64. The van der Waals surface area contributed by atoms with Gasteiger partial charge in [-0.25, -0.2) is 4.79 Å². The number of hydrogen-bond donors (Lipinski definition) is 1. The molecule has 2 aliphatic heterocycles. The number of carbonyl (C=O) groups excluding carboxylic acids is 2. The number of thioether (sulfide) groups is 1. The molecule has 0 aromatic heterocycles. The highest BCUT2D eigenvalue weighted by Crippen LogP contribution is 2.18. The lowest BCUT2D eigenvalue weighted by Gasteiger charge is -2.32. The summed E-state index contributed by atoms with van der Waals surface area (Å²) in [7, 11) is 0. The number of esters is 1. The Labute approximate surface area is 174 Å². The Hall–Kier alpha value is -1.84. The second-order valence-electron chi connectivity index (χ2n) is 6.63. The second-order valence-corrected chi connectivity index (χ2v) is 8.24. The van der Waals surface area contributed by atoms with Crippen LogP contribution in [0.3, 0.4) is 0 Å². The number of likely N-dealkylation sites (tertiary alicyclic amines) is 1. The summed E-state index contributed by atoms with van der Waals surface area (Å²) in [4.78, 5) is 28.2. The van der Waals surface area contributed by atoms with Crippen LogP contribution in [-0.2, 0) is 14.3 Å². The Morgan fingerprint density at radius 2 is 1.79 bits per heavy atom. The van der Waals surface area contributed by atoms with E-state index in [0.29, 0.717) is 43.5 Å².